The molecule has 0 unspecified atom stereocenters. The second kappa shape index (κ2) is 5.69. The summed E-state index contributed by atoms with van der Waals surface area (Å²) in [6, 6.07) is 12.8. The zero-order chi connectivity index (χ0) is 13.0. The maximum atomic E-state index is 13.0. The lowest BCUT2D eigenvalue weighted by atomic mass is 10.1. The topological polar surface area (TPSA) is 37.3 Å². The van der Waals surface area contributed by atoms with Crippen molar-refractivity contribution in [2.24, 2.45) is 0 Å². The van der Waals surface area contributed by atoms with Crippen molar-refractivity contribution in [2.45, 2.75) is 4.90 Å². The highest BCUT2D eigenvalue weighted by Crippen LogP contribution is 2.23. The highest BCUT2D eigenvalue weighted by molar-refractivity contribution is 8.00. The molecule has 0 aliphatic heterocycles. The van der Waals surface area contributed by atoms with Crippen molar-refractivity contribution in [3.63, 3.8) is 0 Å². The van der Waals surface area contributed by atoms with Crippen molar-refractivity contribution < 1.29 is 14.3 Å². The van der Waals surface area contributed by atoms with Gasteiger partial charge in [-0.25, -0.2) is 4.39 Å². The van der Waals surface area contributed by atoms with Gasteiger partial charge in [0, 0.05) is 4.90 Å². The predicted octanol–water partition coefficient (Wildman–Crippen LogP) is 3.51. The number of phenols is 1. The van der Waals surface area contributed by atoms with Gasteiger partial charge in [-0.15, -0.1) is 11.8 Å². The molecule has 0 saturated heterocycles. The fraction of sp³-hybridized carbons (Fsp3) is 0.0714. The Morgan fingerprint density at radius 2 is 1.89 bits per heavy atom. The number of thioether (sulfide) groups is 1. The van der Waals surface area contributed by atoms with Crippen molar-refractivity contribution in [2.75, 3.05) is 5.75 Å². The molecule has 0 aliphatic rings. The van der Waals surface area contributed by atoms with Gasteiger partial charge in [-0.3, -0.25) is 4.79 Å². The fourth-order valence-electron chi connectivity index (χ4n) is 1.47. The van der Waals surface area contributed by atoms with Crippen LogP contribution in [-0.4, -0.2) is 16.6 Å². The molecule has 2 rings (SSSR count). The van der Waals surface area contributed by atoms with Gasteiger partial charge in [0.15, 0.2) is 5.78 Å². The number of benzene rings is 2. The average Bonchev–Trinajstić information content (AvgIpc) is 2.40. The van der Waals surface area contributed by atoms with E-state index in [1.807, 2.05) is 30.3 Å². The lowest BCUT2D eigenvalue weighted by Gasteiger charge is -2.04. The second-order valence-corrected chi connectivity index (χ2v) is 4.74. The molecule has 0 radical (unpaired) electrons. The van der Waals surface area contributed by atoms with Crippen molar-refractivity contribution >= 4 is 17.5 Å². The van der Waals surface area contributed by atoms with Crippen LogP contribution in [-0.2, 0) is 0 Å². The minimum Gasteiger partial charge on any atom is -0.507 e. The van der Waals surface area contributed by atoms with Gasteiger partial charge in [-0.2, -0.15) is 0 Å². The Morgan fingerprint density at radius 1 is 1.17 bits per heavy atom. The van der Waals surface area contributed by atoms with Crippen LogP contribution in [0, 0.1) is 5.82 Å². The molecule has 0 spiro atoms. The number of hydrogen-bond acceptors (Lipinski definition) is 3. The van der Waals surface area contributed by atoms with E-state index in [1.54, 1.807) is 0 Å². The van der Waals surface area contributed by atoms with Crippen LogP contribution in [0.25, 0.3) is 0 Å². The second-order valence-electron chi connectivity index (χ2n) is 3.69. The summed E-state index contributed by atoms with van der Waals surface area (Å²) in [5.74, 6) is -0.835. The van der Waals surface area contributed by atoms with Crippen LogP contribution in [0.4, 0.5) is 4.39 Å². The maximum Gasteiger partial charge on any atom is 0.176 e. The summed E-state index contributed by atoms with van der Waals surface area (Å²) in [7, 11) is 0. The molecule has 0 fully saturated rings. The van der Waals surface area contributed by atoms with Crippen LogP contribution in [0.2, 0.25) is 0 Å². The number of phenolic OH excluding ortho intramolecular Hbond substituents is 1. The Balaban J connectivity index is 2.06. The summed E-state index contributed by atoms with van der Waals surface area (Å²) in [5.41, 5.74) is 0.0263. The van der Waals surface area contributed by atoms with Gasteiger partial charge in [-0.1, -0.05) is 18.2 Å². The Hall–Kier alpha value is -1.81. The third-order valence-electron chi connectivity index (χ3n) is 2.37. The summed E-state index contributed by atoms with van der Waals surface area (Å²) in [6.45, 7) is 0. The van der Waals surface area contributed by atoms with E-state index in [0.29, 0.717) is 0 Å². The molecule has 0 bridgehead atoms. The Labute approximate surface area is 108 Å². The molecule has 0 aliphatic carbocycles. The van der Waals surface area contributed by atoms with Crippen molar-refractivity contribution in [1.29, 1.82) is 0 Å². The van der Waals surface area contributed by atoms with Gasteiger partial charge in [-0.05, 0) is 30.3 Å². The maximum absolute atomic E-state index is 13.0. The SMILES string of the molecule is O=C(CSc1ccccc1)c1cc(F)ccc1O. The number of rotatable bonds is 4. The lowest BCUT2D eigenvalue weighted by Crippen LogP contribution is -2.03. The Bertz CT molecular complexity index is 555. The number of hydrogen-bond donors (Lipinski definition) is 1. The van der Waals surface area contributed by atoms with Gasteiger partial charge in [0.1, 0.15) is 11.6 Å². The zero-order valence-electron chi connectivity index (χ0n) is 9.47. The van der Waals surface area contributed by atoms with Gasteiger partial charge in [0.05, 0.1) is 11.3 Å². The fourth-order valence-corrected chi connectivity index (χ4v) is 2.28. The summed E-state index contributed by atoms with van der Waals surface area (Å²) >= 11 is 1.35. The molecule has 0 atom stereocenters. The molecule has 18 heavy (non-hydrogen) atoms. The van der Waals surface area contributed by atoms with Crippen LogP contribution < -0.4 is 0 Å². The molecule has 0 aromatic heterocycles. The zero-order valence-corrected chi connectivity index (χ0v) is 10.3. The monoisotopic (exact) mass is 262 g/mol. The number of aromatic hydroxyl groups is 1. The number of ketones is 1. The molecule has 2 aromatic rings. The Kier molecular flexibility index (Phi) is 3.99. The van der Waals surface area contributed by atoms with Crippen molar-refractivity contribution in [3.05, 3.63) is 59.9 Å². The number of Topliss-reactive ketones (excluding diaryl/α,β-unsaturated/α-hetero) is 1. The first-order valence-electron chi connectivity index (χ1n) is 5.36. The quantitative estimate of drug-likeness (QED) is 0.676. The third-order valence-corrected chi connectivity index (χ3v) is 3.38. The van der Waals surface area contributed by atoms with E-state index in [9.17, 15) is 14.3 Å². The number of carbonyl (C=O) groups excluding carboxylic acids is 1. The molecule has 2 aromatic carbocycles. The molecular weight excluding hydrogens is 251 g/mol. The first-order valence-corrected chi connectivity index (χ1v) is 6.35. The smallest absolute Gasteiger partial charge is 0.176 e. The van der Waals surface area contributed by atoms with Gasteiger partial charge >= 0.3 is 0 Å². The minimum absolute atomic E-state index is 0.0263. The molecular formula is C14H11FO2S. The van der Waals surface area contributed by atoms with Crippen LogP contribution in [0.3, 0.4) is 0 Å². The van der Waals surface area contributed by atoms with E-state index < -0.39 is 5.82 Å². The Morgan fingerprint density at radius 3 is 2.61 bits per heavy atom. The molecule has 2 nitrogen and oxygen atoms in total. The van der Waals surface area contributed by atoms with E-state index in [-0.39, 0.29) is 22.8 Å². The number of halogens is 1. The summed E-state index contributed by atoms with van der Waals surface area (Å²) < 4.78 is 13.0. The van der Waals surface area contributed by atoms with E-state index >= 15 is 0 Å². The van der Waals surface area contributed by atoms with Crippen LogP contribution >= 0.6 is 11.8 Å². The highest BCUT2D eigenvalue weighted by Gasteiger charge is 2.12. The summed E-state index contributed by atoms with van der Waals surface area (Å²) in [5, 5.41) is 9.51. The molecule has 0 saturated carbocycles. The summed E-state index contributed by atoms with van der Waals surface area (Å²) in [6.07, 6.45) is 0. The highest BCUT2D eigenvalue weighted by atomic mass is 32.2. The van der Waals surface area contributed by atoms with E-state index in [0.717, 1.165) is 17.0 Å². The van der Waals surface area contributed by atoms with Crippen LogP contribution in [0.15, 0.2) is 53.4 Å². The van der Waals surface area contributed by atoms with Gasteiger partial charge < -0.3 is 5.11 Å². The first-order chi connectivity index (χ1) is 8.66. The van der Waals surface area contributed by atoms with Crippen LogP contribution in [0.5, 0.6) is 5.75 Å². The van der Waals surface area contributed by atoms with Crippen molar-refractivity contribution in [3.8, 4) is 5.75 Å². The molecule has 92 valence electrons. The van der Waals surface area contributed by atoms with Crippen molar-refractivity contribution in [1.82, 2.24) is 0 Å². The predicted molar refractivity (Wildman–Crippen MR) is 69.6 cm³/mol. The molecule has 4 heteroatoms. The first kappa shape index (κ1) is 12.6. The molecule has 1 N–H and O–H groups in total. The largest absolute Gasteiger partial charge is 0.507 e. The minimum atomic E-state index is -0.527. The molecule has 0 heterocycles. The standard InChI is InChI=1S/C14H11FO2S/c15-10-6-7-13(16)12(8-10)14(17)9-18-11-4-2-1-3-5-11/h1-8,16H,9H2. The molecule has 0 amide bonds. The summed E-state index contributed by atoms with van der Waals surface area (Å²) in [4.78, 5) is 12.8. The van der Waals surface area contributed by atoms with Crippen LogP contribution in [0.1, 0.15) is 10.4 Å². The van der Waals surface area contributed by atoms with E-state index in [1.165, 1.54) is 17.8 Å². The van der Waals surface area contributed by atoms with Gasteiger partial charge in [0.25, 0.3) is 0 Å². The van der Waals surface area contributed by atoms with Gasteiger partial charge in [0.2, 0.25) is 0 Å². The average molecular weight is 262 g/mol. The number of carbonyl (C=O) groups is 1. The normalized spacial score (nSPS) is 10.3. The third kappa shape index (κ3) is 3.11. The van der Waals surface area contributed by atoms with E-state index in [2.05, 4.69) is 0 Å². The lowest BCUT2D eigenvalue weighted by molar-refractivity contribution is 0.101. The van der Waals surface area contributed by atoms with E-state index in [4.69, 9.17) is 0 Å².